The quantitative estimate of drug-likeness (QED) is 0.230. The maximum Gasteiger partial charge on any atom is 0.472 e. The second kappa shape index (κ2) is 14.0. The van der Waals surface area contributed by atoms with E-state index < -0.39 is 13.9 Å². The lowest BCUT2D eigenvalue weighted by Crippen LogP contribution is -2.37. The molecule has 1 fully saturated rings. The van der Waals surface area contributed by atoms with Crippen molar-refractivity contribution in [3.05, 3.63) is 0 Å². The Hall–Kier alpha value is -0.0500. The molecule has 1 aliphatic rings. The van der Waals surface area contributed by atoms with Gasteiger partial charge in [-0.2, -0.15) is 0 Å². The molecule has 3 atom stereocenters. The zero-order valence-electron chi connectivity index (χ0n) is 18.1. The van der Waals surface area contributed by atoms with Crippen LogP contribution in [0.2, 0.25) is 0 Å². The minimum absolute atomic E-state index is 0.0764. The van der Waals surface area contributed by atoms with Gasteiger partial charge in [0.15, 0.2) is 6.29 Å². The third kappa shape index (κ3) is 14.0. The second-order valence-corrected chi connectivity index (χ2v) is 9.75. The summed E-state index contributed by atoms with van der Waals surface area (Å²) in [4.78, 5) is 9.91. The number of nitrogens with zero attached hydrogens (tertiary/aromatic N) is 1. The van der Waals surface area contributed by atoms with Crippen LogP contribution in [-0.2, 0) is 27.8 Å². The summed E-state index contributed by atoms with van der Waals surface area (Å²) in [6, 6.07) is 0. The highest BCUT2D eigenvalue weighted by Gasteiger charge is 2.27. The predicted molar refractivity (Wildman–Crippen MR) is 108 cm³/mol. The van der Waals surface area contributed by atoms with E-state index in [4.69, 9.17) is 23.3 Å². The minimum Gasteiger partial charge on any atom is -0.379 e. The molecule has 3 unspecified atom stereocenters. The fourth-order valence-electron chi connectivity index (χ4n) is 2.65. The standard InChI is InChI=1S/C19H40NO7P/c1-5-6-7-9-13-23-16-18(27-19-11-8-10-14-24-19)17-26-28(21,22)25-15-12-20(2,3)4/h18-19H,5-17H2,1-4H3/p+1. The highest BCUT2D eigenvalue weighted by Crippen LogP contribution is 2.43. The number of likely N-dealkylation sites (N-methyl/N-ethyl adjacent to an activating group) is 1. The number of ether oxygens (including phenoxy) is 3. The van der Waals surface area contributed by atoms with E-state index in [2.05, 4.69) is 6.92 Å². The van der Waals surface area contributed by atoms with Crippen LogP contribution in [0.1, 0.15) is 51.9 Å². The van der Waals surface area contributed by atoms with Crippen LogP contribution < -0.4 is 0 Å². The first-order valence-corrected chi connectivity index (χ1v) is 12.0. The highest BCUT2D eigenvalue weighted by atomic mass is 31.2. The Labute approximate surface area is 170 Å². The molecular weight excluding hydrogens is 385 g/mol. The molecule has 9 heteroatoms. The molecule has 0 bridgehead atoms. The number of phosphoric acid groups is 1. The van der Waals surface area contributed by atoms with Crippen LogP contribution in [0.15, 0.2) is 0 Å². The van der Waals surface area contributed by atoms with Gasteiger partial charge in [0.25, 0.3) is 0 Å². The van der Waals surface area contributed by atoms with Gasteiger partial charge < -0.3 is 23.6 Å². The monoisotopic (exact) mass is 426 g/mol. The first-order valence-electron chi connectivity index (χ1n) is 10.5. The number of phosphoric ester groups is 1. The van der Waals surface area contributed by atoms with E-state index in [0.717, 1.165) is 32.1 Å². The molecule has 1 aliphatic heterocycles. The van der Waals surface area contributed by atoms with Crippen molar-refractivity contribution in [1.29, 1.82) is 0 Å². The van der Waals surface area contributed by atoms with Crippen LogP contribution in [0.4, 0.5) is 0 Å². The van der Waals surface area contributed by atoms with Gasteiger partial charge in [-0.15, -0.1) is 0 Å². The molecular formula is C19H41NO7P+. The van der Waals surface area contributed by atoms with Crippen molar-refractivity contribution < 1.29 is 37.2 Å². The summed E-state index contributed by atoms with van der Waals surface area (Å²) in [6.45, 7) is 4.44. The van der Waals surface area contributed by atoms with Crippen LogP contribution >= 0.6 is 7.82 Å². The zero-order chi connectivity index (χ0) is 20.9. The van der Waals surface area contributed by atoms with E-state index in [1.165, 1.54) is 12.8 Å². The molecule has 1 rings (SSSR count). The lowest BCUT2D eigenvalue weighted by atomic mass is 10.2. The average molecular weight is 427 g/mol. The molecule has 0 amide bonds. The molecule has 8 nitrogen and oxygen atoms in total. The van der Waals surface area contributed by atoms with Crippen LogP contribution in [-0.4, -0.2) is 82.5 Å². The predicted octanol–water partition coefficient (Wildman–Crippen LogP) is 3.33. The molecule has 0 saturated carbocycles. The molecule has 0 aromatic carbocycles. The van der Waals surface area contributed by atoms with Crippen molar-refractivity contribution in [3.63, 3.8) is 0 Å². The molecule has 1 N–H and O–H groups in total. The first kappa shape index (κ1) is 26.0. The maximum atomic E-state index is 12.1. The Morgan fingerprint density at radius 2 is 1.89 bits per heavy atom. The Morgan fingerprint density at radius 1 is 1.11 bits per heavy atom. The summed E-state index contributed by atoms with van der Waals surface area (Å²) in [5.41, 5.74) is 0. The van der Waals surface area contributed by atoms with Gasteiger partial charge in [0, 0.05) is 13.2 Å². The van der Waals surface area contributed by atoms with Gasteiger partial charge in [0.2, 0.25) is 0 Å². The van der Waals surface area contributed by atoms with Crippen molar-refractivity contribution >= 4 is 7.82 Å². The molecule has 0 aromatic rings. The van der Waals surface area contributed by atoms with Gasteiger partial charge in [0.05, 0.1) is 34.4 Å². The molecule has 1 saturated heterocycles. The van der Waals surface area contributed by atoms with E-state index in [1.807, 2.05) is 21.1 Å². The van der Waals surface area contributed by atoms with E-state index >= 15 is 0 Å². The maximum absolute atomic E-state index is 12.1. The summed E-state index contributed by atoms with van der Waals surface area (Å²) in [6.07, 6.45) is 6.59. The van der Waals surface area contributed by atoms with E-state index in [0.29, 0.717) is 30.8 Å². The fourth-order valence-corrected chi connectivity index (χ4v) is 3.39. The van der Waals surface area contributed by atoms with Crippen molar-refractivity contribution in [3.8, 4) is 0 Å². The average Bonchev–Trinajstić information content (AvgIpc) is 2.62. The number of hydrogen-bond acceptors (Lipinski definition) is 6. The Bertz CT molecular complexity index is 438. The Kier molecular flexibility index (Phi) is 13.0. The lowest BCUT2D eigenvalue weighted by molar-refractivity contribution is -0.870. The van der Waals surface area contributed by atoms with E-state index in [9.17, 15) is 9.46 Å². The van der Waals surface area contributed by atoms with Crippen molar-refractivity contribution in [2.75, 3.05) is 60.7 Å². The number of hydrogen-bond donors (Lipinski definition) is 1. The highest BCUT2D eigenvalue weighted by molar-refractivity contribution is 7.47. The summed E-state index contributed by atoms with van der Waals surface area (Å²) >= 11 is 0. The van der Waals surface area contributed by atoms with Crippen molar-refractivity contribution in [2.45, 2.75) is 64.3 Å². The molecule has 1 heterocycles. The van der Waals surface area contributed by atoms with Crippen molar-refractivity contribution in [1.82, 2.24) is 0 Å². The summed E-state index contributed by atoms with van der Waals surface area (Å²) < 4.78 is 40.2. The number of unbranched alkanes of at least 4 members (excludes halogenated alkanes) is 3. The second-order valence-electron chi connectivity index (χ2n) is 8.30. The van der Waals surface area contributed by atoms with Gasteiger partial charge in [0.1, 0.15) is 19.3 Å². The lowest BCUT2D eigenvalue weighted by Gasteiger charge is -2.28. The van der Waals surface area contributed by atoms with E-state index in [-0.39, 0.29) is 19.5 Å². The molecule has 0 aliphatic carbocycles. The third-order valence-electron chi connectivity index (χ3n) is 4.37. The number of rotatable bonds is 16. The van der Waals surface area contributed by atoms with Gasteiger partial charge >= 0.3 is 7.82 Å². The van der Waals surface area contributed by atoms with E-state index in [1.54, 1.807) is 0 Å². The van der Waals surface area contributed by atoms with Gasteiger partial charge in [-0.1, -0.05) is 26.2 Å². The molecule has 0 spiro atoms. The van der Waals surface area contributed by atoms with Crippen LogP contribution in [0, 0.1) is 0 Å². The fraction of sp³-hybridized carbons (Fsp3) is 1.00. The normalized spacial score (nSPS) is 21.4. The van der Waals surface area contributed by atoms with Crippen LogP contribution in [0.5, 0.6) is 0 Å². The summed E-state index contributed by atoms with van der Waals surface area (Å²) in [7, 11) is 1.83. The van der Waals surface area contributed by atoms with Crippen molar-refractivity contribution in [2.24, 2.45) is 0 Å². The Balaban J connectivity index is 2.40. The van der Waals surface area contributed by atoms with Gasteiger partial charge in [-0.25, -0.2) is 4.57 Å². The third-order valence-corrected chi connectivity index (χ3v) is 5.35. The summed E-state index contributed by atoms with van der Waals surface area (Å²) in [5.74, 6) is 0. The minimum atomic E-state index is -4.13. The van der Waals surface area contributed by atoms with Crippen LogP contribution in [0.25, 0.3) is 0 Å². The molecule has 28 heavy (non-hydrogen) atoms. The molecule has 0 aromatic heterocycles. The Morgan fingerprint density at radius 3 is 2.54 bits per heavy atom. The van der Waals surface area contributed by atoms with Crippen LogP contribution in [0.3, 0.4) is 0 Å². The zero-order valence-corrected chi connectivity index (χ0v) is 19.0. The SMILES string of the molecule is CCCCCCOCC(COP(=O)(O)OCC[N+](C)(C)C)OC1CCCCO1. The molecule has 168 valence electrons. The smallest absolute Gasteiger partial charge is 0.379 e. The van der Waals surface area contributed by atoms with Gasteiger partial charge in [-0.3, -0.25) is 9.05 Å². The molecule has 0 radical (unpaired) electrons. The first-order chi connectivity index (χ1) is 13.2. The largest absolute Gasteiger partial charge is 0.472 e. The number of quaternary nitrogens is 1. The summed E-state index contributed by atoms with van der Waals surface area (Å²) in [5, 5.41) is 0. The van der Waals surface area contributed by atoms with Gasteiger partial charge in [-0.05, 0) is 25.7 Å². The topological polar surface area (TPSA) is 83.5 Å².